The molecule has 2 aliphatic rings. The van der Waals surface area contributed by atoms with Crippen molar-refractivity contribution in [1.29, 1.82) is 0 Å². The molecular weight excluding hydrogens is 408 g/mol. The third-order valence-corrected chi connectivity index (χ3v) is 6.05. The molecule has 2 bridgehead atoms. The SMILES string of the molecule is COc1c2n(cc(C(=O)NCc3ccc(F)cc3F)c1=O)C1CCCC(C)N(C1)C2=O. The van der Waals surface area contributed by atoms with Crippen LogP contribution in [0.25, 0.3) is 0 Å². The van der Waals surface area contributed by atoms with E-state index in [1.165, 1.54) is 19.4 Å². The lowest BCUT2D eigenvalue weighted by Crippen LogP contribution is -2.47. The number of carbonyl (C=O) groups excluding carboxylic acids is 2. The molecule has 2 unspecified atom stereocenters. The number of rotatable bonds is 4. The van der Waals surface area contributed by atoms with E-state index in [0.717, 1.165) is 31.4 Å². The zero-order valence-electron chi connectivity index (χ0n) is 17.3. The number of hydrogen-bond donors (Lipinski definition) is 1. The number of halogens is 2. The van der Waals surface area contributed by atoms with Crippen molar-refractivity contribution >= 4 is 11.8 Å². The molecule has 1 aromatic heterocycles. The summed E-state index contributed by atoms with van der Waals surface area (Å²) < 4.78 is 33.9. The molecule has 4 rings (SSSR count). The number of nitrogens with one attached hydrogen (secondary N) is 1. The van der Waals surface area contributed by atoms with Crippen molar-refractivity contribution in [2.24, 2.45) is 0 Å². The number of fused-ring (bicyclic) bond motifs is 4. The van der Waals surface area contributed by atoms with E-state index in [1.54, 1.807) is 9.47 Å². The van der Waals surface area contributed by atoms with Gasteiger partial charge >= 0.3 is 0 Å². The van der Waals surface area contributed by atoms with E-state index >= 15 is 0 Å². The van der Waals surface area contributed by atoms with Crippen LogP contribution in [0.4, 0.5) is 8.78 Å². The van der Waals surface area contributed by atoms with E-state index in [4.69, 9.17) is 4.74 Å². The van der Waals surface area contributed by atoms with Crippen molar-refractivity contribution in [1.82, 2.24) is 14.8 Å². The molecule has 2 aliphatic heterocycles. The van der Waals surface area contributed by atoms with Gasteiger partial charge in [-0.1, -0.05) is 6.07 Å². The fourth-order valence-corrected chi connectivity index (χ4v) is 4.34. The van der Waals surface area contributed by atoms with Crippen molar-refractivity contribution in [3.05, 3.63) is 63.1 Å². The van der Waals surface area contributed by atoms with E-state index in [1.807, 2.05) is 6.92 Å². The molecule has 3 heterocycles. The molecule has 9 heteroatoms. The minimum Gasteiger partial charge on any atom is -0.491 e. The molecule has 2 aromatic rings. The highest BCUT2D eigenvalue weighted by Gasteiger charge is 2.39. The van der Waals surface area contributed by atoms with Gasteiger partial charge in [-0.2, -0.15) is 0 Å². The molecule has 1 fully saturated rings. The van der Waals surface area contributed by atoms with Crippen LogP contribution in [0, 0.1) is 11.6 Å². The van der Waals surface area contributed by atoms with Crippen molar-refractivity contribution in [3.63, 3.8) is 0 Å². The molecule has 7 nitrogen and oxygen atoms in total. The summed E-state index contributed by atoms with van der Waals surface area (Å²) in [4.78, 5) is 40.6. The first-order valence-corrected chi connectivity index (χ1v) is 10.2. The Balaban J connectivity index is 1.70. The molecule has 2 atom stereocenters. The summed E-state index contributed by atoms with van der Waals surface area (Å²) in [6, 6.07) is 3.02. The number of amides is 2. The number of aromatic nitrogens is 1. The second-order valence-electron chi connectivity index (χ2n) is 7.97. The summed E-state index contributed by atoms with van der Waals surface area (Å²) >= 11 is 0. The zero-order valence-corrected chi connectivity index (χ0v) is 17.3. The molecule has 1 saturated heterocycles. The second kappa shape index (κ2) is 8.13. The van der Waals surface area contributed by atoms with Crippen LogP contribution in [0.2, 0.25) is 0 Å². The lowest BCUT2D eigenvalue weighted by atomic mass is 10.1. The van der Waals surface area contributed by atoms with Crippen LogP contribution < -0.4 is 15.5 Å². The summed E-state index contributed by atoms with van der Waals surface area (Å²) in [6.07, 6.45) is 3.97. The van der Waals surface area contributed by atoms with Gasteiger partial charge in [-0.15, -0.1) is 0 Å². The van der Waals surface area contributed by atoms with Gasteiger partial charge in [0.1, 0.15) is 17.2 Å². The van der Waals surface area contributed by atoms with E-state index in [9.17, 15) is 23.2 Å². The lowest BCUT2D eigenvalue weighted by molar-refractivity contribution is 0.0604. The first-order valence-electron chi connectivity index (χ1n) is 10.2. The van der Waals surface area contributed by atoms with E-state index in [-0.39, 0.29) is 47.1 Å². The fraction of sp³-hybridized carbons (Fsp3) is 0.409. The molecule has 31 heavy (non-hydrogen) atoms. The Bertz CT molecular complexity index is 1110. The molecule has 2 amide bonds. The predicted octanol–water partition coefficient (Wildman–Crippen LogP) is 2.63. The van der Waals surface area contributed by atoms with Crippen molar-refractivity contribution in [2.45, 2.75) is 44.8 Å². The molecule has 164 valence electrons. The molecule has 0 spiro atoms. The van der Waals surface area contributed by atoms with Crippen LogP contribution in [-0.4, -0.2) is 41.0 Å². The number of nitrogens with zero attached hydrogens (tertiary/aromatic N) is 2. The average Bonchev–Trinajstić information content (AvgIpc) is 2.91. The number of ether oxygens (including phenoxy) is 1. The maximum absolute atomic E-state index is 13.9. The molecule has 0 aliphatic carbocycles. The van der Waals surface area contributed by atoms with E-state index in [2.05, 4.69) is 5.32 Å². The first kappa shape index (κ1) is 21.0. The predicted molar refractivity (Wildman–Crippen MR) is 108 cm³/mol. The first-order chi connectivity index (χ1) is 14.8. The highest BCUT2D eigenvalue weighted by molar-refractivity contribution is 5.99. The molecular formula is C22H23F2N3O4. The van der Waals surface area contributed by atoms with Crippen LogP contribution >= 0.6 is 0 Å². The topological polar surface area (TPSA) is 80.6 Å². The smallest absolute Gasteiger partial charge is 0.274 e. The quantitative estimate of drug-likeness (QED) is 0.807. The third kappa shape index (κ3) is 3.68. The Kier molecular flexibility index (Phi) is 5.51. The molecule has 1 aromatic carbocycles. The standard InChI is InChI=1S/C22H23F2N3O4/c1-12-4-3-5-15-10-26(12)22(30)18-20(31-2)19(28)16(11-27(15)18)21(29)25-9-13-6-7-14(23)8-17(13)24/h6-8,11-12,15H,3-5,9-10H2,1-2H3,(H,25,29). The van der Waals surface area contributed by atoms with E-state index in [0.29, 0.717) is 6.54 Å². The van der Waals surface area contributed by atoms with Gasteiger partial charge in [0, 0.05) is 37.0 Å². The van der Waals surface area contributed by atoms with Gasteiger partial charge in [0.25, 0.3) is 11.8 Å². The van der Waals surface area contributed by atoms with E-state index < -0.39 is 23.0 Å². The number of methoxy groups -OCH3 is 1. The van der Waals surface area contributed by atoms with Gasteiger partial charge in [0.05, 0.1) is 13.2 Å². The Morgan fingerprint density at radius 1 is 1.26 bits per heavy atom. The fourth-order valence-electron chi connectivity index (χ4n) is 4.34. The maximum Gasteiger partial charge on any atom is 0.274 e. The van der Waals surface area contributed by atoms with Crippen LogP contribution in [0.1, 0.15) is 58.6 Å². The van der Waals surface area contributed by atoms with Gasteiger partial charge < -0.3 is 19.5 Å². The summed E-state index contributed by atoms with van der Waals surface area (Å²) in [5, 5.41) is 2.50. The summed E-state index contributed by atoms with van der Waals surface area (Å²) in [7, 11) is 1.29. The van der Waals surface area contributed by atoms with Gasteiger partial charge in [-0.25, -0.2) is 8.78 Å². The van der Waals surface area contributed by atoms with Gasteiger partial charge in [0.2, 0.25) is 5.43 Å². The molecule has 0 saturated carbocycles. The normalized spacial score (nSPS) is 20.1. The van der Waals surface area contributed by atoms with Crippen LogP contribution in [-0.2, 0) is 6.54 Å². The number of benzene rings is 1. The summed E-state index contributed by atoms with van der Waals surface area (Å²) in [6.45, 7) is 2.26. The average molecular weight is 431 g/mol. The van der Waals surface area contributed by atoms with Crippen molar-refractivity contribution in [2.75, 3.05) is 13.7 Å². The number of hydrogen-bond acceptors (Lipinski definition) is 4. The monoisotopic (exact) mass is 431 g/mol. The Labute approximate surface area is 177 Å². The highest BCUT2D eigenvalue weighted by atomic mass is 19.1. The van der Waals surface area contributed by atoms with Gasteiger partial charge in [-0.05, 0) is 32.3 Å². The van der Waals surface area contributed by atoms with Gasteiger partial charge in [0.15, 0.2) is 11.4 Å². The molecule has 1 N–H and O–H groups in total. The maximum atomic E-state index is 13.9. The van der Waals surface area contributed by atoms with Crippen LogP contribution in [0.5, 0.6) is 5.75 Å². The van der Waals surface area contributed by atoms with Crippen LogP contribution in [0.3, 0.4) is 0 Å². The Hall–Kier alpha value is -3.23. The Morgan fingerprint density at radius 2 is 2.03 bits per heavy atom. The van der Waals surface area contributed by atoms with Crippen LogP contribution in [0.15, 0.2) is 29.2 Å². The molecule has 0 radical (unpaired) electrons. The Morgan fingerprint density at radius 3 is 2.74 bits per heavy atom. The minimum absolute atomic E-state index is 0.0552. The van der Waals surface area contributed by atoms with Crippen molar-refractivity contribution in [3.8, 4) is 5.75 Å². The summed E-state index contributed by atoms with van der Waals surface area (Å²) in [5.41, 5.74) is -0.657. The zero-order chi connectivity index (χ0) is 22.3. The summed E-state index contributed by atoms with van der Waals surface area (Å²) in [5.74, 6) is -2.70. The van der Waals surface area contributed by atoms with Gasteiger partial charge in [-0.3, -0.25) is 14.4 Å². The number of carbonyl (C=O) groups is 2. The highest BCUT2D eigenvalue weighted by Crippen LogP contribution is 2.34. The lowest BCUT2D eigenvalue weighted by Gasteiger charge is -2.37. The second-order valence-corrected chi connectivity index (χ2v) is 7.97. The van der Waals surface area contributed by atoms with Crippen molar-refractivity contribution < 1.29 is 23.1 Å². The number of pyridine rings is 1. The third-order valence-electron chi connectivity index (χ3n) is 6.05. The largest absolute Gasteiger partial charge is 0.491 e. The minimum atomic E-state index is -0.793.